The van der Waals surface area contributed by atoms with Gasteiger partial charge in [-0.15, -0.1) is 13.9 Å². The number of rotatable bonds is 3. The van der Waals surface area contributed by atoms with E-state index in [4.69, 9.17) is 0 Å². The van der Waals surface area contributed by atoms with Gasteiger partial charge in [0, 0.05) is 17.1 Å². The first-order chi connectivity index (χ1) is 11.4. The summed E-state index contributed by atoms with van der Waals surface area (Å²) in [6.45, 7) is 0. The van der Waals surface area contributed by atoms with Crippen LogP contribution in [0.5, 0.6) is 0 Å². The summed E-state index contributed by atoms with van der Waals surface area (Å²) in [7, 11) is 0.824. The predicted octanol–water partition coefficient (Wildman–Crippen LogP) is 5.49. The molecule has 1 unspecified atom stereocenters. The second kappa shape index (κ2) is 10.7. The normalized spacial score (nSPS) is 14.8. The van der Waals surface area contributed by atoms with E-state index in [0.29, 0.717) is 0 Å². The molecule has 24 heavy (non-hydrogen) atoms. The Morgan fingerprint density at radius 2 is 1.38 bits per heavy atom. The Morgan fingerprint density at radius 3 is 2.00 bits per heavy atom. The molecule has 1 atom stereocenters. The Kier molecular flexibility index (Phi) is 8.54. The second-order valence-electron chi connectivity index (χ2n) is 6.18. The Hall–Kier alpha value is -1.13. The molecule has 0 aliphatic heterocycles. The van der Waals surface area contributed by atoms with Crippen molar-refractivity contribution in [2.75, 3.05) is 0 Å². The van der Waals surface area contributed by atoms with Crippen molar-refractivity contribution in [1.82, 2.24) is 0 Å². The third-order valence-corrected chi connectivity index (χ3v) is 5.85. The van der Waals surface area contributed by atoms with E-state index in [1.807, 2.05) is 30.3 Å². The summed E-state index contributed by atoms with van der Waals surface area (Å²) in [4.78, 5) is 0. The summed E-state index contributed by atoms with van der Waals surface area (Å²) in [5.41, 5.74) is 1.62. The van der Waals surface area contributed by atoms with Crippen molar-refractivity contribution in [3.05, 3.63) is 84.4 Å². The molecule has 2 heteroatoms. The minimum Gasteiger partial charge on any atom is -0.748 e. The largest absolute Gasteiger partial charge is 0.748 e. The van der Waals surface area contributed by atoms with Gasteiger partial charge in [-0.05, 0) is 29.6 Å². The van der Waals surface area contributed by atoms with Crippen LogP contribution in [-0.2, 0) is 17.1 Å². The maximum Gasteiger partial charge on any atom is 0 e. The predicted molar refractivity (Wildman–Crippen MR) is 104 cm³/mol. The van der Waals surface area contributed by atoms with E-state index in [1.165, 1.54) is 37.4 Å². The van der Waals surface area contributed by atoms with Crippen molar-refractivity contribution >= 4 is 19.2 Å². The van der Waals surface area contributed by atoms with Crippen molar-refractivity contribution in [2.24, 2.45) is 0 Å². The van der Waals surface area contributed by atoms with Gasteiger partial charge in [0.1, 0.15) is 0 Å². The third kappa shape index (κ3) is 5.75. The maximum atomic E-state index is 2.36. The van der Waals surface area contributed by atoms with Crippen LogP contribution < -0.4 is 10.6 Å². The van der Waals surface area contributed by atoms with Gasteiger partial charge in [-0.1, -0.05) is 43.5 Å². The first-order valence-corrected chi connectivity index (χ1v) is 9.68. The number of hydrogen-bond donors (Lipinski definition) is 0. The quantitative estimate of drug-likeness (QED) is 0.322. The molecule has 1 aliphatic carbocycles. The third-order valence-electron chi connectivity index (χ3n) is 4.50. The molecule has 0 radical (unpaired) electrons. The molecule has 0 amide bonds. The molecule has 132 valence electrons. The zero-order valence-corrected chi connectivity index (χ0v) is 16.1. The van der Waals surface area contributed by atoms with Gasteiger partial charge in [0.2, 0.25) is 0 Å². The van der Waals surface area contributed by atoms with E-state index in [9.17, 15) is 0 Å². The van der Waals surface area contributed by atoms with Crippen molar-refractivity contribution in [3.8, 4) is 0 Å². The van der Waals surface area contributed by atoms with Gasteiger partial charge in [0.15, 0.2) is 0 Å². The SMILES string of the molecule is [Fe].[cH-]1[cH-][cH-][cH-][cH-]1.c1ccc(C2CCCCC2)c(P[c-]2cccc2)c1. The van der Waals surface area contributed by atoms with Crippen LogP contribution in [0.3, 0.4) is 0 Å². The summed E-state index contributed by atoms with van der Waals surface area (Å²) in [6, 6.07) is 27.9. The molecule has 4 rings (SSSR count). The van der Waals surface area contributed by atoms with E-state index in [1.54, 1.807) is 10.9 Å². The van der Waals surface area contributed by atoms with E-state index in [2.05, 4.69) is 48.5 Å². The van der Waals surface area contributed by atoms with Crippen LogP contribution in [0.2, 0.25) is 0 Å². The summed E-state index contributed by atoms with van der Waals surface area (Å²) in [6.07, 6.45) is 7.05. The van der Waals surface area contributed by atoms with Crippen molar-refractivity contribution in [2.45, 2.75) is 38.0 Å². The van der Waals surface area contributed by atoms with E-state index >= 15 is 0 Å². The second-order valence-corrected chi connectivity index (χ2v) is 7.55. The van der Waals surface area contributed by atoms with Crippen LogP contribution in [0.25, 0.3) is 0 Å². The number of hydrogen-bond acceptors (Lipinski definition) is 0. The molecule has 0 spiro atoms. The Balaban J connectivity index is 0.000000300. The fraction of sp³-hybridized carbons (Fsp3) is 0.273. The van der Waals surface area contributed by atoms with Gasteiger partial charge in [0.05, 0.1) is 0 Å². The maximum absolute atomic E-state index is 2.36. The van der Waals surface area contributed by atoms with E-state index < -0.39 is 0 Å². The fourth-order valence-corrected chi connectivity index (χ4v) is 4.60. The molecule has 1 saturated carbocycles. The van der Waals surface area contributed by atoms with Crippen LogP contribution in [0.1, 0.15) is 43.6 Å². The smallest absolute Gasteiger partial charge is 0 e. The molecule has 0 saturated heterocycles. The topological polar surface area (TPSA) is 0 Å². The van der Waals surface area contributed by atoms with Crippen LogP contribution in [0, 0.1) is 0 Å². The van der Waals surface area contributed by atoms with Gasteiger partial charge >= 0.3 is 0 Å². The number of benzene rings is 1. The molecule has 3 aromatic carbocycles. The van der Waals surface area contributed by atoms with Crippen LogP contribution in [0.15, 0.2) is 78.9 Å². The van der Waals surface area contributed by atoms with Gasteiger partial charge in [0.25, 0.3) is 0 Å². The average molecular weight is 376 g/mol. The average Bonchev–Trinajstić information content (AvgIpc) is 3.33. The summed E-state index contributed by atoms with van der Waals surface area (Å²) >= 11 is 0. The molecule has 1 aliphatic rings. The monoisotopic (exact) mass is 376 g/mol. The Morgan fingerprint density at radius 1 is 0.792 bits per heavy atom. The van der Waals surface area contributed by atoms with Crippen LogP contribution >= 0.6 is 8.58 Å². The standard InChI is InChI=1S/C17H20P.C5H5.Fe/c1-2-8-14(9-3-1)16-12-6-7-13-17(16)18-15-10-4-5-11-15;1-2-4-5-3-1;/h4-7,10-14,18H,1-3,8-9H2;1-5H;/q-1;-5;. The van der Waals surface area contributed by atoms with Crippen molar-refractivity contribution < 1.29 is 17.1 Å². The zero-order chi connectivity index (χ0) is 15.7. The molecule has 1 fully saturated rings. The Labute approximate surface area is 158 Å². The molecule has 0 nitrogen and oxygen atoms in total. The van der Waals surface area contributed by atoms with Gasteiger partial charge in [-0.3, -0.25) is 0 Å². The van der Waals surface area contributed by atoms with Gasteiger partial charge in [-0.25, -0.2) is 12.1 Å². The Bertz CT molecular complexity index is 632. The fourth-order valence-electron chi connectivity index (χ4n) is 3.31. The van der Waals surface area contributed by atoms with Crippen LogP contribution in [0.4, 0.5) is 0 Å². The van der Waals surface area contributed by atoms with Gasteiger partial charge < -0.3 is 30.3 Å². The molecular weight excluding hydrogens is 351 g/mol. The van der Waals surface area contributed by atoms with Crippen LogP contribution in [-0.4, -0.2) is 0 Å². The molecule has 3 aromatic rings. The summed E-state index contributed by atoms with van der Waals surface area (Å²) < 4.78 is 0. The zero-order valence-electron chi connectivity index (χ0n) is 14.0. The molecular formula is C22H25FeP-6. The molecule has 0 N–H and O–H groups in total. The summed E-state index contributed by atoms with van der Waals surface area (Å²) in [5, 5.41) is 3.04. The van der Waals surface area contributed by atoms with E-state index in [-0.39, 0.29) is 17.1 Å². The molecule has 0 aromatic heterocycles. The molecule has 0 heterocycles. The van der Waals surface area contributed by atoms with Crippen molar-refractivity contribution in [3.63, 3.8) is 0 Å². The van der Waals surface area contributed by atoms with Crippen molar-refractivity contribution in [1.29, 1.82) is 0 Å². The minimum absolute atomic E-state index is 0. The minimum atomic E-state index is 0. The van der Waals surface area contributed by atoms with Gasteiger partial charge in [-0.2, -0.15) is 12.1 Å². The first kappa shape index (κ1) is 19.2. The summed E-state index contributed by atoms with van der Waals surface area (Å²) in [5.74, 6) is 0.817. The first-order valence-electron chi connectivity index (χ1n) is 8.68. The van der Waals surface area contributed by atoms with E-state index in [0.717, 1.165) is 14.5 Å². The molecule has 0 bridgehead atoms.